The predicted molar refractivity (Wildman–Crippen MR) is 49.3 cm³/mol. The van der Waals surface area contributed by atoms with E-state index in [9.17, 15) is 15.3 Å². The lowest BCUT2D eigenvalue weighted by atomic mass is 10.1. The summed E-state index contributed by atoms with van der Waals surface area (Å²) in [6, 6.07) is 0. The monoisotopic (exact) mass is 212 g/mol. The lowest BCUT2D eigenvalue weighted by Crippen LogP contribution is -2.38. The summed E-state index contributed by atoms with van der Waals surface area (Å²) in [5.41, 5.74) is 0. The molecule has 1 aliphatic rings. The predicted octanol–water partition coefficient (Wildman–Crippen LogP) is -1.57. The second-order valence-electron chi connectivity index (χ2n) is 2.72. The first-order valence-corrected chi connectivity index (χ1v) is 5.02. The highest BCUT2D eigenvalue weighted by Crippen LogP contribution is 2.37. The second-order valence-corrected chi connectivity index (χ2v) is 4.95. The van der Waals surface area contributed by atoms with Crippen LogP contribution in [0.3, 0.4) is 0 Å². The standard InChI is InChI=1S/C6H12O4S2/c7-1-2(8)5-3(9)4(10)6(11)12-5/h2-11H,1H2/t2-,3-,4-,5+,6?/m1/s1. The molecule has 0 aromatic rings. The van der Waals surface area contributed by atoms with E-state index in [0.717, 1.165) is 0 Å². The van der Waals surface area contributed by atoms with Crippen LogP contribution in [0.4, 0.5) is 0 Å². The summed E-state index contributed by atoms with van der Waals surface area (Å²) < 4.78 is -0.397. The highest BCUT2D eigenvalue weighted by Gasteiger charge is 2.43. The van der Waals surface area contributed by atoms with Crippen molar-refractivity contribution in [2.75, 3.05) is 6.61 Å². The fraction of sp³-hybridized carbons (Fsp3) is 1.00. The third-order valence-corrected chi connectivity index (χ3v) is 3.98. The van der Waals surface area contributed by atoms with Crippen molar-refractivity contribution in [1.82, 2.24) is 0 Å². The van der Waals surface area contributed by atoms with Crippen LogP contribution >= 0.6 is 24.4 Å². The summed E-state index contributed by atoms with van der Waals surface area (Å²) in [5.74, 6) is 0. The zero-order valence-corrected chi connectivity index (χ0v) is 7.95. The first-order chi connectivity index (χ1) is 5.57. The average molecular weight is 212 g/mol. The van der Waals surface area contributed by atoms with Crippen LogP contribution in [0.15, 0.2) is 0 Å². The van der Waals surface area contributed by atoms with E-state index in [0.29, 0.717) is 0 Å². The van der Waals surface area contributed by atoms with E-state index in [2.05, 4.69) is 12.6 Å². The Morgan fingerprint density at radius 3 is 2.25 bits per heavy atom. The highest BCUT2D eigenvalue weighted by molar-refractivity contribution is 8.11. The third kappa shape index (κ3) is 1.89. The average Bonchev–Trinajstić information content (AvgIpc) is 2.32. The first-order valence-electron chi connectivity index (χ1n) is 3.56. The number of aliphatic hydroxyl groups is 4. The van der Waals surface area contributed by atoms with Gasteiger partial charge < -0.3 is 20.4 Å². The Kier molecular flexibility index (Phi) is 3.69. The summed E-state index contributed by atoms with van der Waals surface area (Å²) >= 11 is 5.17. The lowest BCUT2D eigenvalue weighted by Gasteiger charge is -2.18. The van der Waals surface area contributed by atoms with Crippen LogP contribution in [-0.4, -0.2) is 55.2 Å². The van der Waals surface area contributed by atoms with Crippen LogP contribution in [0.2, 0.25) is 0 Å². The molecule has 6 heteroatoms. The second kappa shape index (κ2) is 4.17. The zero-order chi connectivity index (χ0) is 9.30. The van der Waals surface area contributed by atoms with Gasteiger partial charge in [-0.05, 0) is 0 Å². The molecule has 1 aliphatic heterocycles. The molecule has 0 aliphatic carbocycles. The lowest BCUT2D eigenvalue weighted by molar-refractivity contribution is -0.00118. The van der Waals surface area contributed by atoms with Gasteiger partial charge in [-0.2, -0.15) is 12.6 Å². The number of thioether (sulfide) groups is 1. The minimum absolute atomic E-state index is 0.397. The van der Waals surface area contributed by atoms with Gasteiger partial charge >= 0.3 is 0 Å². The summed E-state index contributed by atoms with van der Waals surface area (Å²) in [7, 11) is 0. The third-order valence-electron chi connectivity index (χ3n) is 1.84. The largest absolute Gasteiger partial charge is 0.394 e. The maximum atomic E-state index is 9.34. The van der Waals surface area contributed by atoms with Crippen molar-refractivity contribution in [3.8, 4) is 0 Å². The molecule has 1 unspecified atom stereocenters. The van der Waals surface area contributed by atoms with Crippen molar-refractivity contribution in [2.24, 2.45) is 0 Å². The van der Waals surface area contributed by atoms with Gasteiger partial charge in [-0.25, -0.2) is 0 Å². The minimum atomic E-state index is -1.01. The molecule has 1 fully saturated rings. The van der Waals surface area contributed by atoms with Crippen molar-refractivity contribution >= 4 is 24.4 Å². The topological polar surface area (TPSA) is 80.9 Å². The molecule has 0 saturated carbocycles. The van der Waals surface area contributed by atoms with E-state index >= 15 is 0 Å². The summed E-state index contributed by atoms with van der Waals surface area (Å²) in [6.45, 7) is -0.415. The Balaban J connectivity index is 2.58. The smallest absolute Gasteiger partial charge is 0.102 e. The molecular weight excluding hydrogens is 200 g/mol. The van der Waals surface area contributed by atoms with Crippen LogP contribution in [0.1, 0.15) is 0 Å². The molecule has 72 valence electrons. The summed E-state index contributed by atoms with van der Waals surface area (Å²) in [5, 5.41) is 35.8. The zero-order valence-electron chi connectivity index (χ0n) is 6.24. The molecule has 1 heterocycles. The SMILES string of the molecule is OC[C@@H](O)[C@@H]1SC(S)[C@H](O)[C@H]1O. The van der Waals surface area contributed by atoms with Gasteiger partial charge in [0.15, 0.2) is 0 Å². The van der Waals surface area contributed by atoms with E-state index in [1.165, 1.54) is 11.8 Å². The molecule has 5 atom stereocenters. The molecule has 0 amide bonds. The van der Waals surface area contributed by atoms with E-state index in [1.54, 1.807) is 0 Å². The molecule has 0 bridgehead atoms. The van der Waals surface area contributed by atoms with Gasteiger partial charge in [0.05, 0.1) is 28.6 Å². The highest BCUT2D eigenvalue weighted by atomic mass is 32.2. The van der Waals surface area contributed by atoms with E-state index in [-0.39, 0.29) is 0 Å². The molecule has 0 radical (unpaired) electrons. The Morgan fingerprint density at radius 1 is 1.33 bits per heavy atom. The molecule has 12 heavy (non-hydrogen) atoms. The number of aliphatic hydroxyl groups excluding tert-OH is 4. The van der Waals surface area contributed by atoms with Crippen molar-refractivity contribution in [3.05, 3.63) is 0 Å². The minimum Gasteiger partial charge on any atom is -0.394 e. The van der Waals surface area contributed by atoms with Gasteiger partial charge in [-0.1, -0.05) is 0 Å². The van der Waals surface area contributed by atoms with Gasteiger partial charge in [0, 0.05) is 0 Å². The number of hydrogen-bond donors (Lipinski definition) is 5. The maximum absolute atomic E-state index is 9.34. The molecule has 4 nitrogen and oxygen atoms in total. The number of rotatable bonds is 2. The Bertz CT molecular complexity index is 156. The maximum Gasteiger partial charge on any atom is 0.102 e. The number of thiol groups is 1. The normalized spacial score (nSPS) is 44.8. The van der Waals surface area contributed by atoms with Crippen LogP contribution in [0.5, 0.6) is 0 Å². The number of hydrogen-bond acceptors (Lipinski definition) is 6. The van der Waals surface area contributed by atoms with Crippen molar-refractivity contribution in [2.45, 2.75) is 28.1 Å². The summed E-state index contributed by atoms with van der Waals surface area (Å²) in [6.07, 6.45) is -2.96. The van der Waals surface area contributed by atoms with Gasteiger partial charge in [0.25, 0.3) is 0 Å². The molecule has 1 saturated heterocycles. The summed E-state index contributed by atoms with van der Waals surface area (Å²) in [4.78, 5) is 0. The quantitative estimate of drug-likeness (QED) is 0.357. The Labute approximate surface area is 80.0 Å². The first kappa shape index (κ1) is 10.6. The van der Waals surface area contributed by atoms with Crippen molar-refractivity contribution < 1.29 is 20.4 Å². The molecule has 4 N–H and O–H groups in total. The van der Waals surface area contributed by atoms with Crippen LogP contribution in [-0.2, 0) is 0 Å². The van der Waals surface area contributed by atoms with Crippen molar-refractivity contribution in [1.29, 1.82) is 0 Å². The Hall–Kier alpha value is 0.540. The van der Waals surface area contributed by atoms with Gasteiger partial charge in [0.1, 0.15) is 6.10 Å². The fourth-order valence-corrected chi connectivity index (χ4v) is 2.94. The van der Waals surface area contributed by atoms with Gasteiger partial charge in [-0.15, -0.1) is 11.8 Å². The van der Waals surface area contributed by atoms with E-state index in [4.69, 9.17) is 5.11 Å². The van der Waals surface area contributed by atoms with Crippen LogP contribution in [0.25, 0.3) is 0 Å². The molecular formula is C6H12O4S2. The van der Waals surface area contributed by atoms with Gasteiger partial charge in [-0.3, -0.25) is 0 Å². The fourth-order valence-electron chi connectivity index (χ4n) is 1.11. The van der Waals surface area contributed by atoms with E-state index < -0.39 is 34.8 Å². The van der Waals surface area contributed by atoms with Gasteiger partial charge in [0.2, 0.25) is 0 Å². The molecule has 0 aromatic heterocycles. The Morgan fingerprint density at radius 2 is 1.92 bits per heavy atom. The van der Waals surface area contributed by atoms with Crippen molar-refractivity contribution in [3.63, 3.8) is 0 Å². The molecule has 0 spiro atoms. The molecule has 1 rings (SSSR count). The van der Waals surface area contributed by atoms with E-state index in [1.807, 2.05) is 0 Å². The van der Waals surface area contributed by atoms with Crippen LogP contribution in [0, 0.1) is 0 Å². The van der Waals surface area contributed by atoms with Crippen LogP contribution < -0.4 is 0 Å². The molecule has 0 aromatic carbocycles.